The van der Waals surface area contributed by atoms with Crippen LogP contribution in [0.4, 0.5) is 8.78 Å². The van der Waals surface area contributed by atoms with E-state index in [0.29, 0.717) is 27.6 Å². The molecular formula is C27H22F2N2O5S. The van der Waals surface area contributed by atoms with Crippen LogP contribution in [0.5, 0.6) is 0 Å². The molecule has 0 fully saturated rings. The summed E-state index contributed by atoms with van der Waals surface area (Å²) in [5, 5.41) is 5.23. The highest BCUT2D eigenvalue weighted by Crippen LogP contribution is 2.38. The first kappa shape index (κ1) is 25.8. The molecule has 4 rings (SSSR count). The Morgan fingerprint density at radius 1 is 1.00 bits per heavy atom. The van der Waals surface area contributed by atoms with Gasteiger partial charge in [-0.05, 0) is 71.4 Å². The highest BCUT2D eigenvalue weighted by molar-refractivity contribution is 7.89. The second-order valence-electron chi connectivity index (χ2n) is 8.34. The average molecular weight is 525 g/mol. The van der Waals surface area contributed by atoms with Gasteiger partial charge in [0.25, 0.3) is 11.8 Å². The zero-order valence-corrected chi connectivity index (χ0v) is 20.7. The van der Waals surface area contributed by atoms with E-state index in [1.165, 1.54) is 49.5 Å². The fourth-order valence-corrected chi connectivity index (χ4v) is 4.85. The highest BCUT2D eigenvalue weighted by Gasteiger charge is 2.25. The fourth-order valence-electron chi connectivity index (χ4n) is 4.05. The number of halogens is 2. The maximum absolute atomic E-state index is 14.4. The van der Waals surface area contributed by atoms with Gasteiger partial charge in [-0.15, -0.1) is 0 Å². The SMILES string of the molecule is C=CNC(=O)c1cc(-c2cc3c(C(=O)NC)c(-c4ccc(F)cc4)oc3cc2CS(C)(=O)=O)ccc1F. The lowest BCUT2D eigenvalue weighted by Crippen LogP contribution is -2.18. The molecule has 0 unspecified atom stereocenters. The number of nitrogens with one attached hydrogen (secondary N) is 2. The summed E-state index contributed by atoms with van der Waals surface area (Å²) in [6.45, 7) is 3.40. The van der Waals surface area contributed by atoms with Crippen LogP contribution in [-0.2, 0) is 15.6 Å². The molecule has 1 aromatic heterocycles. The van der Waals surface area contributed by atoms with E-state index in [2.05, 4.69) is 17.2 Å². The molecule has 2 amide bonds. The Labute approximate surface area is 211 Å². The summed E-state index contributed by atoms with van der Waals surface area (Å²) >= 11 is 0. The van der Waals surface area contributed by atoms with Crippen molar-refractivity contribution in [2.24, 2.45) is 0 Å². The second kappa shape index (κ2) is 9.98. The normalized spacial score (nSPS) is 11.4. The van der Waals surface area contributed by atoms with E-state index < -0.39 is 33.3 Å². The zero-order valence-electron chi connectivity index (χ0n) is 19.9. The third-order valence-electron chi connectivity index (χ3n) is 5.65. The van der Waals surface area contributed by atoms with Gasteiger partial charge < -0.3 is 15.1 Å². The van der Waals surface area contributed by atoms with Crippen molar-refractivity contribution >= 4 is 32.6 Å². The lowest BCUT2D eigenvalue weighted by Gasteiger charge is -2.12. The third kappa shape index (κ3) is 5.29. The molecule has 0 aliphatic rings. The third-order valence-corrected chi connectivity index (χ3v) is 6.48. The molecule has 0 radical (unpaired) electrons. The standard InChI is InChI=1S/C27H22F2N2O5S/c1-4-31-26(32)20-11-16(7-10-22(20)29)19-13-21-23(12-17(19)14-37(3,34)35)36-25(24(21)27(33)30-2)15-5-8-18(28)9-6-15/h4-13H,1,14H2,2-3H3,(H,30,33)(H,31,32). The smallest absolute Gasteiger partial charge is 0.258 e. The molecule has 0 saturated heterocycles. The number of carbonyl (C=O) groups excluding carboxylic acids is 2. The van der Waals surface area contributed by atoms with E-state index in [-0.39, 0.29) is 28.2 Å². The van der Waals surface area contributed by atoms with Gasteiger partial charge in [-0.3, -0.25) is 9.59 Å². The summed E-state index contributed by atoms with van der Waals surface area (Å²) in [7, 11) is -2.09. The summed E-state index contributed by atoms with van der Waals surface area (Å²) in [6.07, 6.45) is 2.18. The van der Waals surface area contributed by atoms with Crippen molar-refractivity contribution < 1.29 is 31.2 Å². The predicted octanol–water partition coefficient (Wildman–Crippen LogP) is 4.82. The van der Waals surface area contributed by atoms with Crippen molar-refractivity contribution in [3.05, 3.63) is 95.7 Å². The molecule has 0 atom stereocenters. The quantitative estimate of drug-likeness (QED) is 0.361. The summed E-state index contributed by atoms with van der Waals surface area (Å²) in [4.78, 5) is 25.2. The Morgan fingerprint density at radius 2 is 1.68 bits per heavy atom. The average Bonchev–Trinajstić information content (AvgIpc) is 3.21. The molecule has 4 aromatic rings. The number of furan rings is 1. The van der Waals surface area contributed by atoms with Gasteiger partial charge in [-0.2, -0.15) is 0 Å². The molecule has 0 saturated carbocycles. The number of hydrogen-bond donors (Lipinski definition) is 2. The van der Waals surface area contributed by atoms with E-state index in [0.717, 1.165) is 18.5 Å². The van der Waals surface area contributed by atoms with Gasteiger partial charge in [0.15, 0.2) is 9.84 Å². The van der Waals surface area contributed by atoms with E-state index in [4.69, 9.17) is 4.42 Å². The number of fused-ring (bicyclic) bond motifs is 1. The minimum Gasteiger partial charge on any atom is -0.455 e. The highest BCUT2D eigenvalue weighted by atomic mass is 32.2. The summed E-state index contributed by atoms with van der Waals surface area (Å²) in [6, 6.07) is 12.2. The van der Waals surface area contributed by atoms with E-state index >= 15 is 0 Å². The second-order valence-corrected chi connectivity index (χ2v) is 10.5. The lowest BCUT2D eigenvalue weighted by atomic mass is 9.95. The maximum atomic E-state index is 14.4. The first-order valence-electron chi connectivity index (χ1n) is 11.0. The summed E-state index contributed by atoms with van der Waals surface area (Å²) in [5.74, 6) is -2.67. The minimum absolute atomic E-state index is 0.156. The molecular weight excluding hydrogens is 502 g/mol. The van der Waals surface area contributed by atoms with Gasteiger partial charge in [0.05, 0.1) is 16.9 Å². The molecule has 0 spiro atoms. The lowest BCUT2D eigenvalue weighted by molar-refractivity contribution is 0.0957. The largest absolute Gasteiger partial charge is 0.455 e. The molecule has 0 aliphatic heterocycles. The molecule has 0 bridgehead atoms. The Morgan fingerprint density at radius 3 is 2.30 bits per heavy atom. The molecule has 190 valence electrons. The topological polar surface area (TPSA) is 105 Å². The van der Waals surface area contributed by atoms with Crippen molar-refractivity contribution in [2.75, 3.05) is 13.3 Å². The van der Waals surface area contributed by atoms with Gasteiger partial charge in [-0.1, -0.05) is 12.6 Å². The minimum atomic E-state index is -3.53. The summed E-state index contributed by atoms with van der Waals surface area (Å²) < 4.78 is 58.4. The number of benzene rings is 3. The van der Waals surface area contributed by atoms with Gasteiger partial charge in [0.1, 0.15) is 23.0 Å². The number of rotatable bonds is 7. The number of carbonyl (C=O) groups is 2. The Bertz CT molecular complexity index is 1660. The van der Waals surface area contributed by atoms with Crippen LogP contribution >= 0.6 is 0 Å². The van der Waals surface area contributed by atoms with Crippen LogP contribution in [0, 0.1) is 11.6 Å². The van der Waals surface area contributed by atoms with Crippen LogP contribution in [0.3, 0.4) is 0 Å². The van der Waals surface area contributed by atoms with Crippen molar-refractivity contribution in [1.82, 2.24) is 10.6 Å². The van der Waals surface area contributed by atoms with Crippen LogP contribution in [0.2, 0.25) is 0 Å². The monoisotopic (exact) mass is 524 g/mol. The fraction of sp³-hybridized carbons (Fsp3) is 0.111. The Kier molecular flexibility index (Phi) is 6.95. The molecule has 2 N–H and O–H groups in total. The van der Waals surface area contributed by atoms with Crippen molar-refractivity contribution in [2.45, 2.75) is 5.75 Å². The zero-order chi connectivity index (χ0) is 26.9. The van der Waals surface area contributed by atoms with Crippen LogP contribution in [0.1, 0.15) is 26.3 Å². The summed E-state index contributed by atoms with van der Waals surface area (Å²) in [5.41, 5.74) is 1.58. The van der Waals surface area contributed by atoms with Gasteiger partial charge >= 0.3 is 0 Å². The molecule has 7 nitrogen and oxygen atoms in total. The van der Waals surface area contributed by atoms with Crippen LogP contribution in [0.15, 0.2) is 71.8 Å². The van der Waals surface area contributed by atoms with Crippen LogP contribution < -0.4 is 10.6 Å². The maximum Gasteiger partial charge on any atom is 0.258 e. The van der Waals surface area contributed by atoms with E-state index in [1.54, 1.807) is 6.07 Å². The van der Waals surface area contributed by atoms with Gasteiger partial charge in [-0.25, -0.2) is 17.2 Å². The van der Waals surface area contributed by atoms with Gasteiger partial charge in [0, 0.05) is 24.3 Å². The van der Waals surface area contributed by atoms with Crippen LogP contribution in [-0.4, -0.2) is 33.5 Å². The van der Waals surface area contributed by atoms with Gasteiger partial charge in [0.2, 0.25) is 0 Å². The van der Waals surface area contributed by atoms with E-state index in [1.807, 2.05) is 0 Å². The number of hydrogen-bond acceptors (Lipinski definition) is 5. The van der Waals surface area contributed by atoms with Crippen molar-refractivity contribution in [3.8, 4) is 22.5 Å². The van der Waals surface area contributed by atoms with Crippen LogP contribution in [0.25, 0.3) is 33.4 Å². The molecule has 0 aliphatic carbocycles. The molecule has 3 aromatic carbocycles. The number of amides is 2. The molecule has 37 heavy (non-hydrogen) atoms. The predicted molar refractivity (Wildman–Crippen MR) is 137 cm³/mol. The van der Waals surface area contributed by atoms with Crippen molar-refractivity contribution in [3.63, 3.8) is 0 Å². The first-order valence-corrected chi connectivity index (χ1v) is 13.0. The molecule has 10 heteroatoms. The van der Waals surface area contributed by atoms with Crippen molar-refractivity contribution in [1.29, 1.82) is 0 Å². The molecule has 1 heterocycles. The first-order chi connectivity index (χ1) is 17.5. The number of sulfone groups is 1. The van der Waals surface area contributed by atoms with E-state index in [9.17, 15) is 26.8 Å². The Balaban J connectivity index is 2.03. The Hall–Kier alpha value is -4.31.